The Labute approximate surface area is 108 Å². The third-order valence-electron chi connectivity index (χ3n) is 4.06. The van der Waals surface area contributed by atoms with Crippen LogP contribution in [0, 0.1) is 0 Å². The maximum atomic E-state index is 12.5. The monoisotopic (exact) mass is 266 g/mol. The summed E-state index contributed by atoms with van der Waals surface area (Å²) in [6.45, 7) is 0.900. The molecule has 1 aromatic rings. The first-order chi connectivity index (χ1) is 8.59. The summed E-state index contributed by atoms with van der Waals surface area (Å²) in [5, 5.41) is 3.23. The maximum absolute atomic E-state index is 12.5. The van der Waals surface area contributed by atoms with E-state index in [1.54, 1.807) is 19.2 Å². The Balaban J connectivity index is 1.93. The Hall–Kier alpha value is -1.07. The summed E-state index contributed by atoms with van der Waals surface area (Å²) in [6.07, 6.45) is 4.09. The quantitative estimate of drug-likeness (QED) is 0.908. The Morgan fingerprint density at radius 2 is 2.11 bits per heavy atom. The molecule has 0 spiro atoms. The van der Waals surface area contributed by atoms with Gasteiger partial charge in [-0.25, -0.2) is 8.42 Å². The highest BCUT2D eigenvalue weighted by Crippen LogP contribution is 2.31. The van der Waals surface area contributed by atoms with E-state index in [9.17, 15) is 8.42 Å². The fourth-order valence-corrected chi connectivity index (χ4v) is 3.99. The fraction of sp³-hybridized carbons (Fsp3) is 0.538. The summed E-state index contributed by atoms with van der Waals surface area (Å²) in [5.41, 5.74) is 2.18. The van der Waals surface area contributed by atoms with Crippen molar-refractivity contribution < 1.29 is 8.42 Å². The largest absolute Gasteiger partial charge is 0.384 e. The first-order valence-corrected chi connectivity index (χ1v) is 7.88. The lowest BCUT2D eigenvalue weighted by Gasteiger charge is -2.33. The first-order valence-electron chi connectivity index (χ1n) is 6.44. The maximum Gasteiger partial charge on any atom is 0.243 e. The molecule has 1 fully saturated rings. The molecule has 4 nitrogen and oxygen atoms in total. The molecule has 5 heteroatoms. The van der Waals surface area contributed by atoms with Crippen molar-refractivity contribution in [1.82, 2.24) is 4.31 Å². The summed E-state index contributed by atoms with van der Waals surface area (Å²) in [5.74, 6) is 0. The Morgan fingerprint density at radius 3 is 2.78 bits per heavy atom. The molecule has 0 amide bonds. The van der Waals surface area contributed by atoms with Gasteiger partial charge in [-0.1, -0.05) is 12.5 Å². The SMILES string of the molecule is CN(C1CCC1)S(=O)(=O)c1ccc2c(c1)NCC2. The number of fused-ring (bicyclic) bond motifs is 1. The minimum Gasteiger partial charge on any atom is -0.384 e. The molecule has 0 saturated heterocycles. The zero-order valence-electron chi connectivity index (χ0n) is 10.5. The van der Waals surface area contributed by atoms with Crippen molar-refractivity contribution in [1.29, 1.82) is 0 Å². The topological polar surface area (TPSA) is 49.4 Å². The van der Waals surface area contributed by atoms with Crippen LogP contribution in [0.2, 0.25) is 0 Å². The second-order valence-electron chi connectivity index (χ2n) is 5.10. The van der Waals surface area contributed by atoms with Gasteiger partial charge in [-0.15, -0.1) is 0 Å². The molecule has 18 heavy (non-hydrogen) atoms. The Bertz CT molecular complexity index is 564. The average Bonchev–Trinajstić information content (AvgIpc) is 2.73. The lowest BCUT2D eigenvalue weighted by molar-refractivity contribution is 0.249. The molecule has 1 heterocycles. The normalized spacial score (nSPS) is 19.4. The number of rotatable bonds is 3. The van der Waals surface area contributed by atoms with Crippen molar-refractivity contribution >= 4 is 15.7 Å². The Kier molecular flexibility index (Phi) is 2.83. The van der Waals surface area contributed by atoms with Gasteiger partial charge in [0.15, 0.2) is 0 Å². The molecule has 0 aromatic heterocycles. The number of benzene rings is 1. The number of anilines is 1. The van der Waals surface area contributed by atoms with Crippen LogP contribution in [0.15, 0.2) is 23.1 Å². The number of nitrogens with one attached hydrogen (secondary N) is 1. The summed E-state index contributed by atoms with van der Waals surface area (Å²) in [6, 6.07) is 5.62. The van der Waals surface area contributed by atoms with Gasteiger partial charge in [0.1, 0.15) is 0 Å². The molecule has 0 unspecified atom stereocenters. The smallest absolute Gasteiger partial charge is 0.243 e. The molecule has 0 radical (unpaired) electrons. The van der Waals surface area contributed by atoms with Crippen LogP contribution in [0.5, 0.6) is 0 Å². The van der Waals surface area contributed by atoms with Gasteiger partial charge in [-0.3, -0.25) is 0 Å². The molecule has 98 valence electrons. The highest BCUT2D eigenvalue weighted by atomic mass is 32.2. The molecular formula is C13H18N2O2S. The minimum absolute atomic E-state index is 0.191. The third-order valence-corrected chi connectivity index (χ3v) is 5.96. The van der Waals surface area contributed by atoms with Crippen LogP contribution in [0.4, 0.5) is 5.69 Å². The van der Waals surface area contributed by atoms with Gasteiger partial charge in [0.2, 0.25) is 10.0 Å². The fourth-order valence-electron chi connectivity index (χ4n) is 2.54. The van der Waals surface area contributed by atoms with Crippen LogP contribution in [-0.4, -0.2) is 32.4 Å². The van der Waals surface area contributed by atoms with Crippen LogP contribution in [0.25, 0.3) is 0 Å². The molecule has 3 rings (SSSR count). The zero-order chi connectivity index (χ0) is 12.8. The molecule has 1 N–H and O–H groups in total. The number of hydrogen-bond donors (Lipinski definition) is 1. The lowest BCUT2D eigenvalue weighted by Crippen LogP contribution is -2.41. The van der Waals surface area contributed by atoms with E-state index in [0.717, 1.165) is 37.9 Å². The zero-order valence-corrected chi connectivity index (χ0v) is 11.3. The number of hydrogen-bond acceptors (Lipinski definition) is 3. The van der Waals surface area contributed by atoms with Gasteiger partial charge in [0.25, 0.3) is 0 Å². The number of nitrogens with zero attached hydrogens (tertiary/aromatic N) is 1. The first kappa shape index (κ1) is 12.0. The van der Waals surface area contributed by atoms with Gasteiger partial charge in [-0.05, 0) is 37.0 Å². The van der Waals surface area contributed by atoms with Gasteiger partial charge < -0.3 is 5.32 Å². The molecule has 1 aliphatic heterocycles. The average molecular weight is 266 g/mol. The van der Waals surface area contributed by atoms with Crippen molar-refractivity contribution in [3.63, 3.8) is 0 Å². The molecule has 1 saturated carbocycles. The summed E-state index contributed by atoms with van der Waals surface area (Å²) in [7, 11) is -1.63. The molecule has 0 atom stereocenters. The standard InChI is InChI=1S/C13H18N2O2S/c1-15(11-3-2-4-11)18(16,17)12-6-5-10-7-8-14-13(10)9-12/h5-6,9,11,14H,2-4,7-8H2,1H3. The van der Waals surface area contributed by atoms with Crippen molar-refractivity contribution in [3.8, 4) is 0 Å². The highest BCUT2D eigenvalue weighted by molar-refractivity contribution is 7.89. The van der Waals surface area contributed by atoms with Crippen molar-refractivity contribution in [2.75, 3.05) is 18.9 Å². The third kappa shape index (κ3) is 1.82. The molecular weight excluding hydrogens is 248 g/mol. The van der Waals surface area contributed by atoms with Gasteiger partial charge in [0.05, 0.1) is 4.90 Å². The van der Waals surface area contributed by atoms with Gasteiger partial charge in [0, 0.05) is 25.3 Å². The highest BCUT2D eigenvalue weighted by Gasteiger charge is 2.32. The van der Waals surface area contributed by atoms with Crippen LogP contribution in [0.1, 0.15) is 24.8 Å². The molecule has 0 bridgehead atoms. The molecule has 2 aliphatic rings. The second-order valence-corrected chi connectivity index (χ2v) is 7.10. The van der Waals surface area contributed by atoms with E-state index in [4.69, 9.17) is 0 Å². The summed E-state index contributed by atoms with van der Waals surface area (Å²) in [4.78, 5) is 0.407. The second kappa shape index (κ2) is 4.24. The van der Waals surface area contributed by atoms with Crippen LogP contribution in [0.3, 0.4) is 0 Å². The summed E-state index contributed by atoms with van der Waals surface area (Å²) < 4.78 is 26.5. The lowest BCUT2D eigenvalue weighted by atomic mass is 9.94. The van der Waals surface area contributed by atoms with Crippen molar-refractivity contribution in [2.24, 2.45) is 0 Å². The predicted octanol–water partition coefficient (Wildman–Crippen LogP) is 1.83. The molecule has 1 aliphatic carbocycles. The van der Waals surface area contributed by atoms with E-state index in [0.29, 0.717) is 4.90 Å². The van der Waals surface area contributed by atoms with E-state index < -0.39 is 10.0 Å². The van der Waals surface area contributed by atoms with E-state index in [1.165, 1.54) is 9.87 Å². The minimum atomic E-state index is -3.33. The van der Waals surface area contributed by atoms with Gasteiger partial charge >= 0.3 is 0 Å². The van der Waals surface area contributed by atoms with E-state index in [2.05, 4.69) is 5.32 Å². The van der Waals surface area contributed by atoms with Crippen LogP contribution < -0.4 is 5.32 Å². The van der Waals surface area contributed by atoms with Crippen LogP contribution in [-0.2, 0) is 16.4 Å². The number of sulfonamides is 1. The predicted molar refractivity (Wildman–Crippen MR) is 71.2 cm³/mol. The summed E-state index contributed by atoms with van der Waals surface area (Å²) >= 11 is 0. The van der Waals surface area contributed by atoms with Crippen molar-refractivity contribution in [3.05, 3.63) is 23.8 Å². The Morgan fingerprint density at radius 1 is 1.33 bits per heavy atom. The van der Waals surface area contributed by atoms with E-state index in [-0.39, 0.29) is 6.04 Å². The van der Waals surface area contributed by atoms with Crippen LogP contribution >= 0.6 is 0 Å². The van der Waals surface area contributed by atoms with E-state index >= 15 is 0 Å². The van der Waals surface area contributed by atoms with Gasteiger partial charge in [-0.2, -0.15) is 4.31 Å². The van der Waals surface area contributed by atoms with E-state index in [1.807, 2.05) is 6.07 Å². The van der Waals surface area contributed by atoms with Crippen molar-refractivity contribution in [2.45, 2.75) is 36.6 Å². The molecule has 1 aromatic carbocycles.